The number of hydrogen-bond donors (Lipinski definition) is 2. The molecule has 0 spiro atoms. The van der Waals surface area contributed by atoms with E-state index >= 15 is 0 Å². The first-order chi connectivity index (χ1) is 5.09. The van der Waals surface area contributed by atoms with Gasteiger partial charge in [-0.3, -0.25) is 4.79 Å². The lowest BCUT2D eigenvalue weighted by atomic mass is 10.0. The Morgan fingerprint density at radius 1 is 1.55 bits per heavy atom. The van der Waals surface area contributed by atoms with Gasteiger partial charge in [-0.2, -0.15) is 0 Å². The first-order valence-corrected chi connectivity index (χ1v) is 4.00. The van der Waals surface area contributed by atoms with Gasteiger partial charge in [0.05, 0.1) is 12.0 Å². The number of carboxylic acid groups (broad SMARTS) is 1. The van der Waals surface area contributed by atoms with Crippen molar-refractivity contribution >= 4 is 5.97 Å². The highest BCUT2D eigenvalue weighted by molar-refractivity contribution is 5.70. The predicted molar refractivity (Wildman–Crippen MR) is 42.3 cm³/mol. The first kappa shape index (κ1) is 10.4. The molecule has 0 heterocycles. The molecule has 0 amide bonds. The highest BCUT2D eigenvalue weighted by atomic mass is 16.4. The molecular weight excluding hydrogens is 144 g/mol. The third-order valence-corrected chi connectivity index (χ3v) is 1.82. The Kier molecular flexibility index (Phi) is 4.86. The second kappa shape index (κ2) is 5.13. The molecule has 0 unspecified atom stereocenters. The van der Waals surface area contributed by atoms with Crippen LogP contribution in [0.5, 0.6) is 0 Å². The molecule has 0 aromatic carbocycles. The van der Waals surface area contributed by atoms with Crippen molar-refractivity contribution in [2.45, 2.75) is 39.2 Å². The van der Waals surface area contributed by atoms with Crippen LogP contribution in [0.1, 0.15) is 33.1 Å². The molecule has 3 nitrogen and oxygen atoms in total. The van der Waals surface area contributed by atoms with Gasteiger partial charge in [-0.25, -0.2) is 0 Å². The van der Waals surface area contributed by atoms with Gasteiger partial charge in [0.2, 0.25) is 0 Å². The summed E-state index contributed by atoms with van der Waals surface area (Å²) in [6.45, 7) is 3.54. The van der Waals surface area contributed by atoms with Crippen molar-refractivity contribution in [1.82, 2.24) is 0 Å². The largest absolute Gasteiger partial charge is 0.481 e. The Bertz CT molecular complexity index is 123. The summed E-state index contributed by atoms with van der Waals surface area (Å²) >= 11 is 0. The second-order valence-electron chi connectivity index (χ2n) is 2.84. The highest BCUT2D eigenvalue weighted by Crippen LogP contribution is 2.10. The van der Waals surface area contributed by atoms with Crippen LogP contribution in [-0.2, 0) is 4.79 Å². The van der Waals surface area contributed by atoms with Crippen LogP contribution in [0, 0.1) is 5.92 Å². The Hall–Kier alpha value is -0.570. The molecule has 0 radical (unpaired) electrons. The number of hydrogen-bond acceptors (Lipinski definition) is 2. The minimum atomic E-state index is -0.923. The first-order valence-electron chi connectivity index (χ1n) is 4.00. The van der Waals surface area contributed by atoms with Crippen LogP contribution in [0.25, 0.3) is 0 Å². The lowest BCUT2D eigenvalue weighted by Gasteiger charge is -2.13. The van der Waals surface area contributed by atoms with E-state index in [-0.39, 0.29) is 0 Å². The lowest BCUT2D eigenvalue weighted by molar-refractivity contribution is -0.144. The highest BCUT2D eigenvalue weighted by Gasteiger charge is 2.19. The van der Waals surface area contributed by atoms with Crippen LogP contribution in [0.4, 0.5) is 0 Å². The Morgan fingerprint density at radius 3 is 2.45 bits per heavy atom. The van der Waals surface area contributed by atoms with E-state index in [9.17, 15) is 9.90 Å². The fourth-order valence-corrected chi connectivity index (χ4v) is 0.828. The smallest absolute Gasteiger partial charge is 0.308 e. The van der Waals surface area contributed by atoms with Crippen molar-refractivity contribution in [1.29, 1.82) is 0 Å². The van der Waals surface area contributed by atoms with Gasteiger partial charge in [-0.15, -0.1) is 0 Å². The zero-order chi connectivity index (χ0) is 8.85. The number of carbonyl (C=O) groups is 1. The topological polar surface area (TPSA) is 57.5 Å². The number of aliphatic hydroxyl groups is 1. The molecule has 0 fully saturated rings. The minimum Gasteiger partial charge on any atom is -0.481 e. The van der Waals surface area contributed by atoms with E-state index in [1.807, 2.05) is 6.92 Å². The molecule has 2 N–H and O–H groups in total. The summed E-state index contributed by atoms with van der Waals surface area (Å²) in [7, 11) is 0. The molecule has 0 saturated heterocycles. The number of unbranched alkanes of at least 4 members (excludes halogenated alkanes) is 1. The van der Waals surface area contributed by atoms with Crippen LogP contribution in [0.3, 0.4) is 0 Å². The average Bonchev–Trinajstić information content (AvgIpc) is 1.98. The van der Waals surface area contributed by atoms with Gasteiger partial charge in [-0.05, 0) is 13.3 Å². The van der Waals surface area contributed by atoms with Crippen LogP contribution in [0.2, 0.25) is 0 Å². The lowest BCUT2D eigenvalue weighted by Crippen LogP contribution is -2.25. The third kappa shape index (κ3) is 3.98. The van der Waals surface area contributed by atoms with Crippen molar-refractivity contribution in [3.63, 3.8) is 0 Å². The SMILES string of the molecule is CCCC[C@@H](O)[C@@H](C)C(=O)O. The quantitative estimate of drug-likeness (QED) is 0.636. The van der Waals surface area contributed by atoms with Gasteiger partial charge >= 0.3 is 5.97 Å². The van der Waals surface area contributed by atoms with E-state index in [4.69, 9.17) is 5.11 Å². The summed E-state index contributed by atoms with van der Waals surface area (Å²) in [5, 5.41) is 17.7. The van der Waals surface area contributed by atoms with Gasteiger partial charge in [-0.1, -0.05) is 19.8 Å². The molecule has 0 aliphatic heterocycles. The van der Waals surface area contributed by atoms with Gasteiger partial charge < -0.3 is 10.2 Å². The van der Waals surface area contributed by atoms with E-state index in [0.717, 1.165) is 12.8 Å². The third-order valence-electron chi connectivity index (χ3n) is 1.82. The molecule has 11 heavy (non-hydrogen) atoms. The molecule has 0 aromatic rings. The van der Waals surface area contributed by atoms with Crippen LogP contribution >= 0.6 is 0 Å². The Balaban J connectivity index is 3.63. The summed E-state index contributed by atoms with van der Waals surface area (Å²) in [5.41, 5.74) is 0. The molecule has 0 aromatic heterocycles. The van der Waals surface area contributed by atoms with Crippen molar-refractivity contribution in [2.24, 2.45) is 5.92 Å². The molecule has 0 bridgehead atoms. The standard InChI is InChI=1S/C8H16O3/c1-3-4-5-7(9)6(2)8(10)11/h6-7,9H,3-5H2,1-2H3,(H,10,11)/t6-,7-/m1/s1. The fraction of sp³-hybridized carbons (Fsp3) is 0.875. The van der Waals surface area contributed by atoms with Gasteiger partial charge in [0.1, 0.15) is 0 Å². The maximum absolute atomic E-state index is 10.3. The van der Waals surface area contributed by atoms with Crippen LogP contribution in [-0.4, -0.2) is 22.3 Å². The maximum atomic E-state index is 10.3. The number of aliphatic carboxylic acids is 1. The summed E-state index contributed by atoms with van der Waals surface area (Å²) < 4.78 is 0. The van der Waals surface area contributed by atoms with Crippen LogP contribution in [0.15, 0.2) is 0 Å². The van der Waals surface area contributed by atoms with Gasteiger partial charge in [0.15, 0.2) is 0 Å². The molecule has 0 saturated carbocycles. The zero-order valence-electron chi connectivity index (χ0n) is 7.08. The predicted octanol–water partition coefficient (Wildman–Crippen LogP) is 1.26. The van der Waals surface area contributed by atoms with Crippen LogP contribution < -0.4 is 0 Å². The summed E-state index contributed by atoms with van der Waals surface area (Å²) in [6.07, 6.45) is 1.78. The monoisotopic (exact) mass is 160 g/mol. The van der Waals surface area contributed by atoms with Crippen molar-refractivity contribution in [3.8, 4) is 0 Å². The van der Waals surface area contributed by atoms with Crippen molar-refractivity contribution < 1.29 is 15.0 Å². The molecule has 0 rings (SSSR count). The van der Waals surface area contributed by atoms with E-state index in [0.29, 0.717) is 6.42 Å². The Morgan fingerprint density at radius 2 is 2.09 bits per heavy atom. The number of rotatable bonds is 5. The molecule has 0 aliphatic rings. The maximum Gasteiger partial charge on any atom is 0.308 e. The summed E-state index contributed by atoms with van der Waals surface area (Å²) in [4.78, 5) is 10.3. The molecule has 3 heteroatoms. The average molecular weight is 160 g/mol. The minimum absolute atomic E-state index is 0.587. The molecular formula is C8H16O3. The zero-order valence-corrected chi connectivity index (χ0v) is 7.08. The molecule has 66 valence electrons. The van der Waals surface area contributed by atoms with Gasteiger partial charge in [0, 0.05) is 0 Å². The van der Waals surface area contributed by atoms with Crippen molar-refractivity contribution in [3.05, 3.63) is 0 Å². The van der Waals surface area contributed by atoms with E-state index in [2.05, 4.69) is 0 Å². The normalized spacial score (nSPS) is 15.9. The van der Waals surface area contributed by atoms with E-state index < -0.39 is 18.0 Å². The number of aliphatic hydroxyl groups excluding tert-OH is 1. The van der Waals surface area contributed by atoms with E-state index in [1.54, 1.807) is 0 Å². The van der Waals surface area contributed by atoms with Crippen molar-refractivity contribution in [2.75, 3.05) is 0 Å². The molecule has 2 atom stereocenters. The summed E-state index contributed by atoms with van der Waals surface area (Å²) in [5.74, 6) is -1.56. The number of carboxylic acids is 1. The van der Waals surface area contributed by atoms with E-state index in [1.165, 1.54) is 6.92 Å². The summed E-state index contributed by atoms with van der Waals surface area (Å²) in [6, 6.07) is 0. The second-order valence-corrected chi connectivity index (χ2v) is 2.84. The fourth-order valence-electron chi connectivity index (χ4n) is 0.828. The van der Waals surface area contributed by atoms with Gasteiger partial charge in [0.25, 0.3) is 0 Å². The molecule has 0 aliphatic carbocycles. The Labute approximate surface area is 67.0 Å².